The molecule has 0 spiro atoms. The van der Waals surface area contributed by atoms with Gasteiger partial charge in [0.2, 0.25) is 11.2 Å². The summed E-state index contributed by atoms with van der Waals surface area (Å²) < 4.78 is 19.1. The average Bonchev–Trinajstić information content (AvgIpc) is 2.63. The molecule has 3 rings (SSSR count). The fourth-order valence-electron chi connectivity index (χ4n) is 2.41. The van der Waals surface area contributed by atoms with E-state index in [4.69, 9.17) is 4.42 Å². The summed E-state index contributed by atoms with van der Waals surface area (Å²) in [7, 11) is 0. The highest BCUT2D eigenvalue weighted by molar-refractivity contribution is 5.45. The maximum absolute atomic E-state index is 13.7. The topological polar surface area (TPSA) is 95.6 Å². The van der Waals surface area contributed by atoms with Crippen LogP contribution in [0.15, 0.2) is 63.9 Å². The second-order valence-corrected chi connectivity index (χ2v) is 5.30. The van der Waals surface area contributed by atoms with Crippen molar-refractivity contribution in [2.24, 2.45) is 0 Å². The Morgan fingerprint density at radius 3 is 2.72 bits per heavy atom. The Kier molecular flexibility index (Phi) is 4.76. The molecule has 25 heavy (non-hydrogen) atoms. The average molecular weight is 342 g/mol. The lowest BCUT2D eigenvalue weighted by Crippen LogP contribution is -2.17. The van der Waals surface area contributed by atoms with E-state index in [1.807, 2.05) is 0 Å². The number of nitrogens with zero attached hydrogens (tertiary/aromatic N) is 1. The summed E-state index contributed by atoms with van der Waals surface area (Å²) in [6.45, 7) is -0.512. The number of hydrogen-bond donors (Lipinski definition) is 3. The number of aromatic nitrogens is 1. The van der Waals surface area contributed by atoms with E-state index in [-0.39, 0.29) is 11.5 Å². The molecule has 1 aromatic carbocycles. The monoisotopic (exact) mass is 342 g/mol. The van der Waals surface area contributed by atoms with Gasteiger partial charge in [-0.25, -0.2) is 9.37 Å². The highest BCUT2D eigenvalue weighted by Crippen LogP contribution is 2.31. The fourth-order valence-corrected chi connectivity index (χ4v) is 2.41. The Bertz CT molecular complexity index is 928. The van der Waals surface area contributed by atoms with Crippen LogP contribution in [-0.2, 0) is 6.61 Å². The van der Waals surface area contributed by atoms with Gasteiger partial charge >= 0.3 is 0 Å². The zero-order chi connectivity index (χ0) is 17.8. The van der Waals surface area contributed by atoms with Crippen LogP contribution in [0.5, 0.6) is 5.75 Å². The molecular formula is C18H15FN2O4. The number of hydrogen-bond acceptors (Lipinski definition) is 6. The Morgan fingerprint density at radius 2 is 2.04 bits per heavy atom. The molecule has 128 valence electrons. The summed E-state index contributed by atoms with van der Waals surface area (Å²) in [5.74, 6) is -0.802. The molecule has 2 aromatic heterocycles. The van der Waals surface area contributed by atoms with Crippen molar-refractivity contribution in [3.05, 3.63) is 87.9 Å². The SMILES string of the molecule is O=c1cc(CO)oc([C@@H](Nc2ccccn2)c2cccc(F)c2)c1O. The molecule has 0 aliphatic heterocycles. The van der Waals surface area contributed by atoms with E-state index in [1.54, 1.807) is 30.5 Å². The largest absolute Gasteiger partial charge is 0.502 e. The highest BCUT2D eigenvalue weighted by atomic mass is 19.1. The smallest absolute Gasteiger partial charge is 0.227 e. The molecule has 0 aliphatic carbocycles. The van der Waals surface area contributed by atoms with Crippen LogP contribution in [0.1, 0.15) is 23.1 Å². The normalized spacial score (nSPS) is 11.9. The second kappa shape index (κ2) is 7.14. The van der Waals surface area contributed by atoms with E-state index in [0.29, 0.717) is 11.4 Å². The predicted molar refractivity (Wildman–Crippen MR) is 88.7 cm³/mol. The molecule has 3 N–H and O–H groups in total. The Morgan fingerprint density at radius 1 is 1.20 bits per heavy atom. The third-order valence-corrected chi connectivity index (χ3v) is 3.56. The Labute approximate surface area is 142 Å². The van der Waals surface area contributed by atoms with Gasteiger partial charge in [0.25, 0.3) is 0 Å². The molecule has 0 fully saturated rings. The van der Waals surface area contributed by atoms with Gasteiger partial charge in [0.05, 0.1) is 0 Å². The van der Waals surface area contributed by atoms with Crippen LogP contribution in [0, 0.1) is 5.82 Å². The van der Waals surface area contributed by atoms with Gasteiger partial charge < -0.3 is 19.9 Å². The van der Waals surface area contributed by atoms with Gasteiger partial charge in [-0.2, -0.15) is 0 Å². The number of benzene rings is 1. The van der Waals surface area contributed by atoms with E-state index in [9.17, 15) is 19.4 Å². The lowest BCUT2D eigenvalue weighted by molar-refractivity contribution is 0.234. The van der Waals surface area contributed by atoms with E-state index in [1.165, 1.54) is 18.2 Å². The zero-order valence-electron chi connectivity index (χ0n) is 13.0. The van der Waals surface area contributed by atoms with E-state index >= 15 is 0 Å². The van der Waals surface area contributed by atoms with Gasteiger partial charge in [0.15, 0.2) is 5.76 Å². The highest BCUT2D eigenvalue weighted by Gasteiger charge is 2.24. The Balaban J connectivity index is 2.14. The third kappa shape index (κ3) is 3.67. The van der Waals surface area contributed by atoms with Crippen LogP contribution >= 0.6 is 0 Å². The summed E-state index contributed by atoms with van der Waals surface area (Å²) in [4.78, 5) is 16.1. The minimum absolute atomic E-state index is 0.0120. The van der Waals surface area contributed by atoms with Gasteiger partial charge in [0.1, 0.15) is 30.0 Å². The molecular weight excluding hydrogens is 327 g/mol. The summed E-state index contributed by atoms with van der Waals surface area (Å²) in [6.07, 6.45) is 1.56. The van der Waals surface area contributed by atoms with Crippen LogP contribution in [0.3, 0.4) is 0 Å². The number of rotatable bonds is 5. The van der Waals surface area contributed by atoms with Gasteiger partial charge in [-0.05, 0) is 29.8 Å². The maximum Gasteiger partial charge on any atom is 0.227 e. The molecule has 1 atom stereocenters. The number of pyridine rings is 1. The van der Waals surface area contributed by atoms with E-state index in [2.05, 4.69) is 10.3 Å². The summed E-state index contributed by atoms with van der Waals surface area (Å²) >= 11 is 0. The van der Waals surface area contributed by atoms with Crippen LogP contribution < -0.4 is 10.7 Å². The maximum atomic E-state index is 13.7. The minimum atomic E-state index is -0.884. The number of nitrogens with one attached hydrogen (secondary N) is 1. The molecule has 0 saturated carbocycles. The number of halogens is 1. The Hall–Kier alpha value is -3.19. The second-order valence-electron chi connectivity index (χ2n) is 5.30. The molecule has 7 heteroatoms. The van der Waals surface area contributed by atoms with Gasteiger partial charge in [0, 0.05) is 12.3 Å². The van der Waals surface area contributed by atoms with Crippen molar-refractivity contribution < 1.29 is 19.0 Å². The predicted octanol–water partition coefficient (Wildman–Crippen LogP) is 2.57. The van der Waals surface area contributed by atoms with Crippen molar-refractivity contribution in [3.8, 4) is 5.75 Å². The lowest BCUT2D eigenvalue weighted by atomic mass is 10.0. The number of anilines is 1. The third-order valence-electron chi connectivity index (χ3n) is 3.56. The summed E-state index contributed by atoms with van der Waals surface area (Å²) in [6, 6.07) is 10.9. The molecule has 6 nitrogen and oxygen atoms in total. The molecule has 0 bridgehead atoms. The van der Waals surface area contributed by atoms with Gasteiger partial charge in [-0.3, -0.25) is 4.79 Å². The lowest BCUT2D eigenvalue weighted by Gasteiger charge is -2.20. The number of aromatic hydroxyl groups is 1. The summed E-state index contributed by atoms with van der Waals surface area (Å²) in [5.41, 5.74) is -0.284. The first kappa shape index (κ1) is 16.7. The van der Waals surface area contributed by atoms with Crippen molar-refractivity contribution in [2.75, 3.05) is 5.32 Å². The number of aliphatic hydroxyl groups excluding tert-OH is 1. The first-order valence-electron chi connectivity index (χ1n) is 7.48. The molecule has 0 unspecified atom stereocenters. The van der Waals surface area contributed by atoms with Crippen LogP contribution in [0.25, 0.3) is 0 Å². The fraction of sp³-hybridized carbons (Fsp3) is 0.111. The standard InChI is InChI=1S/C18H15FN2O4/c19-12-5-3-4-11(8-12)16(21-15-6-1-2-7-20-15)18-17(24)14(23)9-13(10-22)25-18/h1-9,16,22,24H,10H2,(H,20,21)/t16-/m0/s1. The van der Waals surface area contributed by atoms with Crippen LogP contribution in [-0.4, -0.2) is 15.2 Å². The van der Waals surface area contributed by atoms with Crippen molar-refractivity contribution in [3.63, 3.8) is 0 Å². The number of aliphatic hydroxyl groups is 1. The first-order chi connectivity index (χ1) is 12.1. The van der Waals surface area contributed by atoms with Gasteiger partial charge in [-0.1, -0.05) is 18.2 Å². The molecule has 2 heterocycles. The summed E-state index contributed by atoms with van der Waals surface area (Å²) in [5, 5.41) is 22.4. The van der Waals surface area contributed by atoms with Gasteiger partial charge in [-0.15, -0.1) is 0 Å². The quantitative estimate of drug-likeness (QED) is 0.660. The van der Waals surface area contributed by atoms with Crippen molar-refractivity contribution >= 4 is 5.82 Å². The molecule has 0 aliphatic rings. The molecule has 3 aromatic rings. The molecule has 0 saturated heterocycles. The van der Waals surface area contributed by atoms with Crippen molar-refractivity contribution in [1.82, 2.24) is 4.98 Å². The minimum Gasteiger partial charge on any atom is -0.502 e. The van der Waals surface area contributed by atoms with Crippen LogP contribution in [0.2, 0.25) is 0 Å². The van der Waals surface area contributed by atoms with Crippen LogP contribution in [0.4, 0.5) is 10.2 Å². The molecule has 0 amide bonds. The van der Waals surface area contributed by atoms with E-state index in [0.717, 1.165) is 6.07 Å². The first-order valence-corrected chi connectivity index (χ1v) is 7.48. The molecule has 0 radical (unpaired) electrons. The zero-order valence-corrected chi connectivity index (χ0v) is 13.0. The van der Waals surface area contributed by atoms with E-state index < -0.39 is 29.6 Å². The van der Waals surface area contributed by atoms with Crippen molar-refractivity contribution in [2.45, 2.75) is 12.6 Å². The van der Waals surface area contributed by atoms with Crippen molar-refractivity contribution in [1.29, 1.82) is 0 Å².